The number of ether oxygens (including phenoxy) is 1. The highest BCUT2D eigenvalue weighted by Crippen LogP contribution is 2.36. The van der Waals surface area contributed by atoms with Gasteiger partial charge >= 0.3 is 6.09 Å². The Balaban J connectivity index is 1.37. The van der Waals surface area contributed by atoms with Crippen LogP contribution in [0, 0.1) is 0 Å². The summed E-state index contributed by atoms with van der Waals surface area (Å²) in [5.41, 5.74) is 3.67. The van der Waals surface area contributed by atoms with Crippen molar-refractivity contribution in [2.24, 2.45) is 0 Å². The number of anilines is 1. The first-order valence-electron chi connectivity index (χ1n) is 9.51. The van der Waals surface area contributed by atoms with Crippen LogP contribution in [-0.4, -0.2) is 44.3 Å². The molecule has 9 nitrogen and oxygen atoms in total. The van der Waals surface area contributed by atoms with Gasteiger partial charge in [0, 0.05) is 29.9 Å². The van der Waals surface area contributed by atoms with E-state index in [0.717, 1.165) is 29.7 Å². The molecular weight excluding hydrogens is 392 g/mol. The van der Waals surface area contributed by atoms with Crippen LogP contribution in [0.15, 0.2) is 23.8 Å². The number of aromatic amines is 1. The molecule has 1 unspecified atom stereocenters. The van der Waals surface area contributed by atoms with Gasteiger partial charge in [0.2, 0.25) is 0 Å². The summed E-state index contributed by atoms with van der Waals surface area (Å²) < 4.78 is 6.22. The molecule has 0 bridgehead atoms. The van der Waals surface area contributed by atoms with Crippen LogP contribution in [0.3, 0.4) is 0 Å². The number of pyridine rings is 1. The quantitative estimate of drug-likeness (QED) is 0.588. The lowest BCUT2D eigenvalue weighted by atomic mass is 10.0. The number of thiazole rings is 1. The van der Waals surface area contributed by atoms with Gasteiger partial charge in [-0.2, -0.15) is 5.10 Å². The zero-order valence-corrected chi connectivity index (χ0v) is 17.0. The Morgan fingerprint density at radius 2 is 2.17 bits per heavy atom. The first-order valence-corrected chi connectivity index (χ1v) is 10.4. The second kappa shape index (κ2) is 8.16. The molecular formula is C19H22N6O3S. The van der Waals surface area contributed by atoms with Crippen molar-refractivity contribution in [1.82, 2.24) is 25.5 Å². The summed E-state index contributed by atoms with van der Waals surface area (Å²) in [6.07, 6.45) is 3.50. The minimum absolute atomic E-state index is 0.0464. The van der Waals surface area contributed by atoms with E-state index in [1.807, 2.05) is 19.9 Å². The standard InChI is InChI=1S/C19H22N6O3S/c1-10(2)22-19(27)28-12-4-3-11(7-12)14-8-15(25-24-14)23-18(26)13-5-6-20-17-16(13)29-9-21-17/h5-6,8-12H,3-4,7H2,1-2H3,(H,22,27)(H2,23,24,25,26)/t11-,12?/m0/s1. The van der Waals surface area contributed by atoms with Crippen molar-refractivity contribution < 1.29 is 14.3 Å². The number of carbonyl (C=O) groups is 2. The minimum atomic E-state index is -0.380. The van der Waals surface area contributed by atoms with Gasteiger partial charge in [-0.05, 0) is 39.2 Å². The number of amides is 2. The third kappa shape index (κ3) is 4.37. The normalized spacial score (nSPS) is 18.9. The minimum Gasteiger partial charge on any atom is -0.446 e. The van der Waals surface area contributed by atoms with Crippen molar-refractivity contribution in [3.63, 3.8) is 0 Å². The molecule has 3 aromatic rings. The van der Waals surface area contributed by atoms with Gasteiger partial charge in [0.05, 0.1) is 15.8 Å². The average molecular weight is 414 g/mol. The SMILES string of the molecule is CC(C)NC(=O)OC1CC[C@H](c2cc(NC(=O)c3ccnc4ncsc34)n[nH]2)C1. The fraction of sp³-hybridized carbons (Fsp3) is 0.421. The molecule has 0 spiro atoms. The molecule has 1 fully saturated rings. The summed E-state index contributed by atoms with van der Waals surface area (Å²) in [5, 5.41) is 12.8. The summed E-state index contributed by atoms with van der Waals surface area (Å²) >= 11 is 1.38. The fourth-order valence-corrected chi connectivity index (χ4v) is 4.25. The number of hydrogen-bond acceptors (Lipinski definition) is 7. The van der Waals surface area contributed by atoms with Crippen LogP contribution in [0.5, 0.6) is 0 Å². The van der Waals surface area contributed by atoms with E-state index < -0.39 is 0 Å². The molecule has 2 amide bonds. The number of rotatable bonds is 5. The predicted octanol–water partition coefficient (Wildman–Crippen LogP) is 3.44. The number of fused-ring (bicyclic) bond motifs is 1. The van der Waals surface area contributed by atoms with Gasteiger partial charge in [0.25, 0.3) is 5.91 Å². The molecule has 3 aromatic heterocycles. The Kier molecular flexibility index (Phi) is 5.43. The van der Waals surface area contributed by atoms with E-state index in [4.69, 9.17) is 4.74 Å². The maximum absolute atomic E-state index is 12.6. The van der Waals surface area contributed by atoms with E-state index in [0.29, 0.717) is 17.0 Å². The van der Waals surface area contributed by atoms with E-state index in [1.54, 1.807) is 17.8 Å². The van der Waals surface area contributed by atoms with E-state index >= 15 is 0 Å². The van der Waals surface area contributed by atoms with Crippen LogP contribution in [0.4, 0.5) is 10.6 Å². The molecule has 152 valence electrons. The van der Waals surface area contributed by atoms with Crippen molar-refractivity contribution in [1.29, 1.82) is 0 Å². The van der Waals surface area contributed by atoms with Crippen LogP contribution in [-0.2, 0) is 4.74 Å². The van der Waals surface area contributed by atoms with Crippen LogP contribution >= 0.6 is 11.3 Å². The summed E-state index contributed by atoms with van der Waals surface area (Å²) in [7, 11) is 0. The van der Waals surface area contributed by atoms with Crippen molar-refractivity contribution in [3.8, 4) is 0 Å². The topological polar surface area (TPSA) is 122 Å². The van der Waals surface area contributed by atoms with Crippen LogP contribution in [0.1, 0.15) is 55.1 Å². The van der Waals surface area contributed by atoms with Crippen LogP contribution in [0.2, 0.25) is 0 Å². The molecule has 29 heavy (non-hydrogen) atoms. The maximum Gasteiger partial charge on any atom is 0.407 e. The van der Waals surface area contributed by atoms with Gasteiger partial charge < -0.3 is 15.4 Å². The zero-order valence-electron chi connectivity index (χ0n) is 16.1. The molecule has 1 aliphatic carbocycles. The van der Waals surface area contributed by atoms with Crippen molar-refractivity contribution in [3.05, 3.63) is 35.1 Å². The number of carbonyl (C=O) groups excluding carboxylic acids is 2. The third-order valence-electron chi connectivity index (χ3n) is 4.82. The monoisotopic (exact) mass is 414 g/mol. The molecule has 0 aliphatic heterocycles. The predicted molar refractivity (Wildman–Crippen MR) is 109 cm³/mol. The van der Waals surface area contributed by atoms with Crippen molar-refractivity contribution in [2.75, 3.05) is 5.32 Å². The molecule has 4 rings (SSSR count). The number of H-pyrrole nitrogens is 1. The molecule has 2 atom stereocenters. The molecule has 1 saturated carbocycles. The summed E-state index contributed by atoms with van der Waals surface area (Å²) in [6.45, 7) is 3.79. The van der Waals surface area contributed by atoms with E-state index in [2.05, 4.69) is 30.8 Å². The summed E-state index contributed by atoms with van der Waals surface area (Å²) in [6, 6.07) is 3.56. The first kappa shape index (κ1) is 19.3. The van der Waals surface area contributed by atoms with Gasteiger partial charge in [0.15, 0.2) is 11.5 Å². The van der Waals surface area contributed by atoms with Gasteiger partial charge in [-0.15, -0.1) is 11.3 Å². The molecule has 3 heterocycles. The average Bonchev–Trinajstić information content (AvgIpc) is 3.40. The highest BCUT2D eigenvalue weighted by molar-refractivity contribution is 7.17. The lowest BCUT2D eigenvalue weighted by molar-refractivity contribution is 0.0979. The first-order chi connectivity index (χ1) is 14.0. The fourth-order valence-electron chi connectivity index (χ4n) is 3.50. The lowest BCUT2D eigenvalue weighted by Crippen LogP contribution is -2.33. The molecule has 0 radical (unpaired) electrons. The molecule has 1 aliphatic rings. The smallest absolute Gasteiger partial charge is 0.407 e. The Bertz CT molecular complexity index is 1030. The summed E-state index contributed by atoms with van der Waals surface area (Å²) in [5.74, 6) is 0.415. The van der Waals surface area contributed by atoms with E-state index in [-0.39, 0.29) is 30.1 Å². The maximum atomic E-state index is 12.6. The van der Waals surface area contributed by atoms with Crippen LogP contribution in [0.25, 0.3) is 10.3 Å². The largest absolute Gasteiger partial charge is 0.446 e. The molecule has 0 aromatic carbocycles. The van der Waals surface area contributed by atoms with Crippen molar-refractivity contribution >= 4 is 39.5 Å². The Morgan fingerprint density at radius 3 is 3.00 bits per heavy atom. The number of alkyl carbamates (subject to hydrolysis) is 1. The Morgan fingerprint density at radius 1 is 1.31 bits per heavy atom. The highest BCUT2D eigenvalue weighted by atomic mass is 32.1. The number of hydrogen-bond donors (Lipinski definition) is 3. The molecule has 0 saturated heterocycles. The van der Waals surface area contributed by atoms with Gasteiger partial charge in [-0.1, -0.05) is 0 Å². The Labute approximate surface area is 171 Å². The lowest BCUT2D eigenvalue weighted by Gasteiger charge is -2.14. The number of nitrogens with one attached hydrogen (secondary N) is 3. The second-order valence-electron chi connectivity index (χ2n) is 7.36. The van der Waals surface area contributed by atoms with Gasteiger partial charge in [-0.3, -0.25) is 9.89 Å². The van der Waals surface area contributed by atoms with Gasteiger partial charge in [0.1, 0.15) is 6.10 Å². The number of aromatic nitrogens is 4. The van der Waals surface area contributed by atoms with Crippen LogP contribution < -0.4 is 10.6 Å². The third-order valence-corrected chi connectivity index (χ3v) is 5.67. The molecule has 10 heteroatoms. The summed E-state index contributed by atoms with van der Waals surface area (Å²) in [4.78, 5) is 32.7. The Hall–Kier alpha value is -3.01. The van der Waals surface area contributed by atoms with E-state index in [9.17, 15) is 9.59 Å². The van der Waals surface area contributed by atoms with Crippen molar-refractivity contribution in [2.45, 2.75) is 51.2 Å². The van der Waals surface area contributed by atoms with Gasteiger partial charge in [-0.25, -0.2) is 14.8 Å². The zero-order chi connectivity index (χ0) is 20.4. The number of nitrogens with zero attached hydrogens (tertiary/aromatic N) is 3. The van der Waals surface area contributed by atoms with E-state index in [1.165, 1.54) is 11.3 Å². The second-order valence-corrected chi connectivity index (χ2v) is 8.22. The highest BCUT2D eigenvalue weighted by Gasteiger charge is 2.30. The molecule has 3 N–H and O–H groups in total.